The molecule has 24 heavy (non-hydrogen) atoms. The molecular weight excluding hydrogens is 318 g/mol. The van der Waals surface area contributed by atoms with E-state index in [1.807, 2.05) is 36.4 Å². The van der Waals surface area contributed by atoms with Crippen LogP contribution in [0.15, 0.2) is 53.4 Å². The summed E-state index contributed by atoms with van der Waals surface area (Å²) in [5.74, 6) is 0.779. The van der Waals surface area contributed by atoms with Crippen LogP contribution in [0.3, 0.4) is 0 Å². The van der Waals surface area contributed by atoms with E-state index in [0.29, 0.717) is 18.4 Å². The van der Waals surface area contributed by atoms with Gasteiger partial charge in [-0.2, -0.15) is 0 Å². The third-order valence-corrected chi connectivity index (χ3v) is 4.56. The average molecular weight is 343 g/mol. The maximum Gasteiger partial charge on any atom is 0.252 e. The van der Waals surface area contributed by atoms with Gasteiger partial charge in [-0.15, -0.1) is 11.8 Å². The molecule has 0 fully saturated rings. The van der Waals surface area contributed by atoms with Crippen LogP contribution >= 0.6 is 11.8 Å². The number of benzene rings is 2. The van der Waals surface area contributed by atoms with Crippen molar-refractivity contribution in [1.82, 2.24) is 5.32 Å². The summed E-state index contributed by atoms with van der Waals surface area (Å²) in [6, 6.07) is 15.8. The normalized spacial score (nSPS) is 10.7. The first-order chi connectivity index (χ1) is 11.6. The van der Waals surface area contributed by atoms with Gasteiger partial charge in [-0.05, 0) is 36.2 Å². The van der Waals surface area contributed by atoms with Crippen LogP contribution in [-0.4, -0.2) is 24.3 Å². The van der Waals surface area contributed by atoms with Gasteiger partial charge in [0.25, 0.3) is 5.91 Å². The van der Waals surface area contributed by atoms with Crippen LogP contribution < -0.4 is 10.1 Å². The predicted octanol–water partition coefficient (Wildman–Crippen LogP) is 4.56. The number of hydrogen-bond donors (Lipinski definition) is 1. The Hall–Kier alpha value is -1.94. The Labute approximate surface area is 148 Å². The number of thioether (sulfide) groups is 1. The molecule has 0 aliphatic rings. The van der Waals surface area contributed by atoms with Crippen LogP contribution in [0.2, 0.25) is 0 Å². The summed E-state index contributed by atoms with van der Waals surface area (Å²) in [7, 11) is 0. The smallest absolute Gasteiger partial charge is 0.252 e. The lowest BCUT2D eigenvalue weighted by Crippen LogP contribution is -2.28. The summed E-state index contributed by atoms with van der Waals surface area (Å²) in [6.07, 6.45) is 1.02. The van der Waals surface area contributed by atoms with Crippen molar-refractivity contribution in [3.63, 3.8) is 0 Å². The molecule has 0 saturated carbocycles. The number of hydrogen-bond acceptors (Lipinski definition) is 3. The lowest BCUT2D eigenvalue weighted by molar-refractivity contribution is 0.0944. The maximum absolute atomic E-state index is 12.4. The molecule has 0 unspecified atom stereocenters. The molecule has 3 nitrogen and oxygen atoms in total. The van der Waals surface area contributed by atoms with Gasteiger partial charge in [-0.3, -0.25) is 4.79 Å². The van der Waals surface area contributed by atoms with Crippen molar-refractivity contribution >= 4 is 17.7 Å². The Balaban J connectivity index is 1.82. The second kappa shape index (κ2) is 9.38. The van der Waals surface area contributed by atoms with Crippen LogP contribution in [0.5, 0.6) is 5.75 Å². The van der Waals surface area contributed by atoms with Gasteiger partial charge in [0.1, 0.15) is 12.4 Å². The minimum absolute atomic E-state index is 0.0521. The molecule has 0 bridgehead atoms. The number of ether oxygens (including phenoxy) is 1. The van der Waals surface area contributed by atoms with Crippen molar-refractivity contribution in [3.8, 4) is 5.75 Å². The standard InChI is InChI=1S/C20H25NO2S/c1-4-16-9-11-17(12-10-16)23-14-13-21-20(22)18-7-5-6-8-19(18)24-15(2)3/h5-12,15H,4,13-14H2,1-3H3,(H,21,22). The Kier molecular flexibility index (Phi) is 7.19. The summed E-state index contributed by atoms with van der Waals surface area (Å²) >= 11 is 1.70. The fraction of sp³-hybridized carbons (Fsp3) is 0.350. The summed E-state index contributed by atoms with van der Waals surface area (Å²) in [4.78, 5) is 13.4. The fourth-order valence-corrected chi connectivity index (χ4v) is 3.21. The van der Waals surface area contributed by atoms with Crippen molar-refractivity contribution in [2.24, 2.45) is 0 Å². The average Bonchev–Trinajstić information content (AvgIpc) is 2.59. The van der Waals surface area contributed by atoms with Crippen molar-refractivity contribution in [1.29, 1.82) is 0 Å². The first-order valence-corrected chi connectivity index (χ1v) is 9.23. The van der Waals surface area contributed by atoms with Gasteiger partial charge in [0.05, 0.1) is 12.1 Å². The molecular formula is C20H25NO2S. The highest BCUT2D eigenvalue weighted by Crippen LogP contribution is 2.26. The van der Waals surface area contributed by atoms with Crippen LogP contribution in [0, 0.1) is 0 Å². The van der Waals surface area contributed by atoms with Gasteiger partial charge in [-0.1, -0.05) is 45.0 Å². The second-order valence-corrected chi connectivity index (χ2v) is 7.38. The van der Waals surface area contributed by atoms with E-state index in [4.69, 9.17) is 4.74 Å². The number of nitrogens with one attached hydrogen (secondary N) is 1. The molecule has 1 amide bonds. The van der Waals surface area contributed by atoms with Crippen molar-refractivity contribution in [3.05, 3.63) is 59.7 Å². The Morgan fingerprint density at radius 1 is 1.12 bits per heavy atom. The molecule has 1 N–H and O–H groups in total. The zero-order valence-electron chi connectivity index (χ0n) is 14.5. The molecule has 0 spiro atoms. The minimum Gasteiger partial charge on any atom is -0.492 e. The molecule has 2 rings (SSSR count). The minimum atomic E-state index is -0.0521. The first kappa shape index (κ1) is 18.4. The van der Waals surface area contributed by atoms with Crippen molar-refractivity contribution in [2.75, 3.05) is 13.2 Å². The van der Waals surface area contributed by atoms with E-state index in [-0.39, 0.29) is 5.91 Å². The van der Waals surface area contributed by atoms with E-state index in [1.165, 1.54) is 5.56 Å². The van der Waals surface area contributed by atoms with E-state index in [1.54, 1.807) is 11.8 Å². The molecule has 2 aromatic rings. The molecule has 0 atom stereocenters. The van der Waals surface area contributed by atoms with E-state index in [9.17, 15) is 4.79 Å². The van der Waals surface area contributed by atoms with Crippen molar-refractivity contribution in [2.45, 2.75) is 37.3 Å². The van der Waals surface area contributed by atoms with E-state index < -0.39 is 0 Å². The van der Waals surface area contributed by atoms with Crippen molar-refractivity contribution < 1.29 is 9.53 Å². The lowest BCUT2D eigenvalue weighted by Gasteiger charge is -2.12. The molecule has 0 heterocycles. The van der Waals surface area contributed by atoms with Gasteiger partial charge in [0, 0.05) is 10.1 Å². The summed E-state index contributed by atoms with van der Waals surface area (Å²) in [6.45, 7) is 7.31. The van der Waals surface area contributed by atoms with Gasteiger partial charge >= 0.3 is 0 Å². The fourth-order valence-electron chi connectivity index (χ4n) is 2.26. The molecule has 4 heteroatoms. The van der Waals surface area contributed by atoms with Crippen LogP contribution in [0.4, 0.5) is 0 Å². The summed E-state index contributed by atoms with van der Waals surface area (Å²) < 4.78 is 5.67. The molecule has 128 valence electrons. The van der Waals surface area contributed by atoms with Crippen LogP contribution in [-0.2, 0) is 6.42 Å². The van der Waals surface area contributed by atoms with Crippen LogP contribution in [0.1, 0.15) is 36.7 Å². The topological polar surface area (TPSA) is 38.3 Å². The predicted molar refractivity (Wildman–Crippen MR) is 101 cm³/mol. The molecule has 0 aliphatic heterocycles. The molecule has 0 radical (unpaired) electrons. The highest BCUT2D eigenvalue weighted by atomic mass is 32.2. The van der Waals surface area contributed by atoms with Gasteiger partial charge < -0.3 is 10.1 Å². The van der Waals surface area contributed by atoms with Gasteiger partial charge in [0.15, 0.2) is 0 Å². The lowest BCUT2D eigenvalue weighted by atomic mass is 10.2. The Bertz CT molecular complexity index is 653. The molecule has 0 aromatic heterocycles. The third kappa shape index (κ3) is 5.60. The highest BCUT2D eigenvalue weighted by Gasteiger charge is 2.11. The summed E-state index contributed by atoms with van der Waals surface area (Å²) in [5.41, 5.74) is 2.01. The zero-order chi connectivity index (χ0) is 17.4. The largest absolute Gasteiger partial charge is 0.492 e. The number of aryl methyl sites for hydroxylation is 1. The van der Waals surface area contributed by atoms with Gasteiger partial charge in [-0.25, -0.2) is 0 Å². The highest BCUT2D eigenvalue weighted by molar-refractivity contribution is 8.00. The number of carbonyl (C=O) groups is 1. The second-order valence-electron chi connectivity index (χ2n) is 5.76. The molecule has 0 aliphatic carbocycles. The zero-order valence-corrected chi connectivity index (χ0v) is 15.4. The SMILES string of the molecule is CCc1ccc(OCCNC(=O)c2ccccc2SC(C)C)cc1. The number of amides is 1. The van der Waals surface area contributed by atoms with E-state index in [2.05, 4.69) is 38.2 Å². The monoisotopic (exact) mass is 343 g/mol. The van der Waals surface area contributed by atoms with E-state index in [0.717, 1.165) is 22.6 Å². The Morgan fingerprint density at radius 3 is 2.50 bits per heavy atom. The number of carbonyl (C=O) groups excluding carboxylic acids is 1. The number of rotatable bonds is 8. The molecule has 2 aromatic carbocycles. The first-order valence-electron chi connectivity index (χ1n) is 8.35. The maximum atomic E-state index is 12.4. The quantitative estimate of drug-likeness (QED) is 0.564. The summed E-state index contributed by atoms with van der Waals surface area (Å²) in [5, 5.41) is 3.37. The van der Waals surface area contributed by atoms with E-state index >= 15 is 0 Å². The Morgan fingerprint density at radius 2 is 1.83 bits per heavy atom. The molecule has 0 saturated heterocycles. The third-order valence-electron chi connectivity index (χ3n) is 3.48. The van der Waals surface area contributed by atoms with Gasteiger partial charge in [0.2, 0.25) is 0 Å². The van der Waals surface area contributed by atoms with Crippen LogP contribution in [0.25, 0.3) is 0 Å².